The third-order valence-corrected chi connectivity index (χ3v) is 1.52. The van der Waals surface area contributed by atoms with Crippen LogP contribution in [0.25, 0.3) is 6.08 Å². The van der Waals surface area contributed by atoms with Crippen LogP contribution in [0.1, 0.15) is 18.4 Å². The minimum absolute atomic E-state index is 0.261. The molecule has 0 saturated carbocycles. The molecule has 1 aromatic heterocycles. The summed E-state index contributed by atoms with van der Waals surface area (Å²) in [6.07, 6.45) is 9.39. The largest absolute Gasteiger partial charge is 0.396 e. The summed E-state index contributed by atoms with van der Waals surface area (Å²) in [5.74, 6) is 0. The zero-order valence-electron chi connectivity index (χ0n) is 6.98. The third kappa shape index (κ3) is 3.30. The zero-order valence-corrected chi connectivity index (χ0v) is 6.98. The molecule has 0 atom stereocenters. The van der Waals surface area contributed by atoms with Crippen molar-refractivity contribution in [1.82, 2.24) is 4.98 Å². The molecule has 1 aromatic rings. The number of hydrogen-bond acceptors (Lipinski definition) is 2. The molecule has 1 rings (SSSR count). The number of pyridine rings is 1. The van der Waals surface area contributed by atoms with Crippen LogP contribution in [0.3, 0.4) is 0 Å². The molecule has 1 N–H and O–H groups in total. The lowest BCUT2D eigenvalue weighted by atomic mass is 10.2. The highest BCUT2D eigenvalue weighted by Crippen LogP contribution is 2.00. The summed E-state index contributed by atoms with van der Waals surface area (Å²) in [7, 11) is 0. The second kappa shape index (κ2) is 5.49. The molecule has 0 aliphatic rings. The molecule has 2 heteroatoms. The molecule has 0 aromatic carbocycles. The summed E-state index contributed by atoms with van der Waals surface area (Å²) in [4.78, 5) is 3.98. The van der Waals surface area contributed by atoms with E-state index < -0.39 is 0 Å². The zero-order chi connectivity index (χ0) is 8.65. The van der Waals surface area contributed by atoms with Crippen molar-refractivity contribution in [2.75, 3.05) is 6.61 Å². The predicted octanol–water partition coefficient (Wildman–Crippen LogP) is 1.87. The summed E-state index contributed by atoms with van der Waals surface area (Å²) in [5, 5.41) is 8.52. The number of aliphatic hydroxyl groups is 1. The van der Waals surface area contributed by atoms with Crippen LogP contribution in [0.4, 0.5) is 0 Å². The van der Waals surface area contributed by atoms with Gasteiger partial charge in [-0.2, -0.15) is 0 Å². The van der Waals surface area contributed by atoms with E-state index in [-0.39, 0.29) is 6.61 Å². The van der Waals surface area contributed by atoms with E-state index in [9.17, 15) is 0 Å². The molecule has 2 nitrogen and oxygen atoms in total. The lowest BCUT2D eigenvalue weighted by Gasteiger charge is -1.90. The van der Waals surface area contributed by atoms with Gasteiger partial charge in [-0.25, -0.2) is 0 Å². The SMILES string of the molecule is OCCCC=Cc1cccnc1. The summed E-state index contributed by atoms with van der Waals surface area (Å²) < 4.78 is 0. The fraction of sp³-hybridized carbons (Fsp3) is 0.300. The lowest BCUT2D eigenvalue weighted by Crippen LogP contribution is -1.78. The maximum absolute atomic E-state index is 8.52. The van der Waals surface area contributed by atoms with Crippen molar-refractivity contribution in [3.8, 4) is 0 Å². The maximum atomic E-state index is 8.52. The molecule has 12 heavy (non-hydrogen) atoms. The van der Waals surface area contributed by atoms with Gasteiger partial charge in [0.25, 0.3) is 0 Å². The van der Waals surface area contributed by atoms with Crippen LogP contribution in [0, 0.1) is 0 Å². The molecule has 0 unspecified atom stereocenters. The molecule has 0 aliphatic carbocycles. The predicted molar refractivity (Wildman–Crippen MR) is 49.6 cm³/mol. The summed E-state index contributed by atoms with van der Waals surface area (Å²) in [6, 6.07) is 3.91. The van der Waals surface area contributed by atoms with Crippen molar-refractivity contribution in [2.24, 2.45) is 0 Å². The van der Waals surface area contributed by atoms with E-state index in [0.717, 1.165) is 18.4 Å². The van der Waals surface area contributed by atoms with Gasteiger partial charge in [0.1, 0.15) is 0 Å². The Morgan fingerprint density at radius 1 is 1.50 bits per heavy atom. The first-order valence-corrected chi connectivity index (χ1v) is 4.11. The minimum Gasteiger partial charge on any atom is -0.396 e. The number of nitrogens with zero attached hydrogens (tertiary/aromatic N) is 1. The van der Waals surface area contributed by atoms with E-state index in [1.165, 1.54) is 0 Å². The van der Waals surface area contributed by atoms with Crippen molar-refractivity contribution in [2.45, 2.75) is 12.8 Å². The third-order valence-electron chi connectivity index (χ3n) is 1.52. The van der Waals surface area contributed by atoms with E-state index in [1.807, 2.05) is 30.5 Å². The topological polar surface area (TPSA) is 33.1 Å². The van der Waals surface area contributed by atoms with Gasteiger partial charge in [-0.3, -0.25) is 4.98 Å². The normalized spacial score (nSPS) is 10.8. The first kappa shape index (κ1) is 8.94. The van der Waals surface area contributed by atoms with Crippen molar-refractivity contribution in [1.29, 1.82) is 0 Å². The van der Waals surface area contributed by atoms with Gasteiger partial charge in [0.2, 0.25) is 0 Å². The number of unbranched alkanes of at least 4 members (excludes halogenated alkanes) is 1. The first-order chi connectivity index (χ1) is 5.93. The standard InChI is InChI=1S/C10H13NO/c12-8-3-1-2-5-10-6-4-7-11-9-10/h2,4-7,9,12H,1,3,8H2. The second-order valence-electron chi connectivity index (χ2n) is 2.55. The molecule has 0 aliphatic heterocycles. The molecular formula is C10H13NO. The molecular weight excluding hydrogens is 150 g/mol. The van der Waals surface area contributed by atoms with Crippen LogP contribution in [-0.4, -0.2) is 16.7 Å². The van der Waals surface area contributed by atoms with Crippen molar-refractivity contribution in [3.05, 3.63) is 36.2 Å². The van der Waals surface area contributed by atoms with Gasteiger partial charge in [-0.1, -0.05) is 18.2 Å². The summed E-state index contributed by atoms with van der Waals surface area (Å²) >= 11 is 0. The van der Waals surface area contributed by atoms with E-state index in [0.29, 0.717) is 0 Å². The Morgan fingerprint density at radius 2 is 2.42 bits per heavy atom. The Labute approximate surface area is 72.6 Å². The van der Waals surface area contributed by atoms with E-state index >= 15 is 0 Å². The van der Waals surface area contributed by atoms with Gasteiger partial charge in [0.15, 0.2) is 0 Å². The average molecular weight is 163 g/mol. The Bertz CT molecular complexity index is 231. The van der Waals surface area contributed by atoms with Crippen LogP contribution in [-0.2, 0) is 0 Å². The summed E-state index contributed by atoms with van der Waals surface area (Å²) in [5.41, 5.74) is 1.11. The number of rotatable bonds is 4. The Morgan fingerprint density at radius 3 is 3.08 bits per heavy atom. The molecule has 0 spiro atoms. The average Bonchev–Trinajstić information content (AvgIpc) is 2.14. The quantitative estimate of drug-likeness (QED) is 0.687. The molecule has 64 valence electrons. The Hall–Kier alpha value is -1.15. The number of aliphatic hydroxyl groups excluding tert-OH is 1. The highest BCUT2D eigenvalue weighted by molar-refractivity contribution is 5.46. The number of allylic oxidation sites excluding steroid dienone is 1. The van der Waals surface area contributed by atoms with E-state index in [1.54, 1.807) is 6.20 Å². The monoisotopic (exact) mass is 163 g/mol. The van der Waals surface area contributed by atoms with E-state index in [2.05, 4.69) is 4.98 Å². The lowest BCUT2D eigenvalue weighted by molar-refractivity contribution is 0.290. The van der Waals surface area contributed by atoms with Gasteiger partial charge in [0, 0.05) is 19.0 Å². The van der Waals surface area contributed by atoms with Crippen LogP contribution in [0.2, 0.25) is 0 Å². The smallest absolute Gasteiger partial charge is 0.0433 e. The van der Waals surface area contributed by atoms with Crippen LogP contribution in [0.15, 0.2) is 30.6 Å². The van der Waals surface area contributed by atoms with Crippen LogP contribution in [0.5, 0.6) is 0 Å². The molecule has 0 radical (unpaired) electrons. The van der Waals surface area contributed by atoms with Crippen LogP contribution >= 0.6 is 0 Å². The molecule has 1 heterocycles. The molecule has 0 fully saturated rings. The van der Waals surface area contributed by atoms with Gasteiger partial charge < -0.3 is 5.11 Å². The Kier molecular flexibility index (Phi) is 4.09. The fourth-order valence-electron chi connectivity index (χ4n) is 0.903. The minimum atomic E-state index is 0.261. The first-order valence-electron chi connectivity index (χ1n) is 4.11. The second-order valence-corrected chi connectivity index (χ2v) is 2.55. The highest BCUT2D eigenvalue weighted by atomic mass is 16.2. The molecule has 0 saturated heterocycles. The number of aromatic nitrogens is 1. The molecule has 0 bridgehead atoms. The molecule has 0 amide bonds. The van der Waals surface area contributed by atoms with Crippen LogP contribution < -0.4 is 0 Å². The summed E-state index contributed by atoms with van der Waals surface area (Å²) in [6.45, 7) is 0.261. The van der Waals surface area contributed by atoms with Gasteiger partial charge >= 0.3 is 0 Å². The fourth-order valence-corrected chi connectivity index (χ4v) is 0.903. The van der Waals surface area contributed by atoms with E-state index in [4.69, 9.17) is 5.11 Å². The van der Waals surface area contributed by atoms with Crippen molar-refractivity contribution in [3.63, 3.8) is 0 Å². The Balaban J connectivity index is 2.36. The maximum Gasteiger partial charge on any atom is 0.0433 e. The van der Waals surface area contributed by atoms with Crippen molar-refractivity contribution >= 4 is 6.08 Å². The highest BCUT2D eigenvalue weighted by Gasteiger charge is 1.83. The van der Waals surface area contributed by atoms with Gasteiger partial charge in [-0.05, 0) is 24.5 Å². The van der Waals surface area contributed by atoms with Crippen molar-refractivity contribution < 1.29 is 5.11 Å². The van der Waals surface area contributed by atoms with Gasteiger partial charge in [0.05, 0.1) is 0 Å². The number of hydrogen-bond donors (Lipinski definition) is 1. The van der Waals surface area contributed by atoms with Gasteiger partial charge in [-0.15, -0.1) is 0 Å².